The van der Waals surface area contributed by atoms with Gasteiger partial charge in [0.15, 0.2) is 0 Å². The Kier molecular flexibility index (Phi) is 6.01. The maximum atomic E-state index is 14.2. The first kappa shape index (κ1) is 17.7. The number of allylic oxidation sites excluding steroid dienone is 1. The minimum Gasteiger partial charge on any atom is -0.406 e. The number of alkyl halides is 3. The van der Waals surface area contributed by atoms with E-state index in [1.165, 1.54) is 0 Å². The highest BCUT2D eigenvalue weighted by atomic mass is 19.4. The van der Waals surface area contributed by atoms with E-state index in [1.807, 2.05) is 0 Å². The van der Waals surface area contributed by atoms with Gasteiger partial charge in [-0.3, -0.25) is 4.90 Å². The highest BCUT2D eigenvalue weighted by molar-refractivity contribution is 5.32. The van der Waals surface area contributed by atoms with Crippen LogP contribution < -0.4 is 10.1 Å². The molecular formula is C16H20F4N2O. The maximum absolute atomic E-state index is 14.2. The summed E-state index contributed by atoms with van der Waals surface area (Å²) in [6.45, 7) is 6.63. The molecule has 1 aromatic carbocycles. The lowest BCUT2D eigenvalue weighted by Gasteiger charge is -2.35. The first-order chi connectivity index (χ1) is 10.9. The van der Waals surface area contributed by atoms with Gasteiger partial charge in [-0.1, -0.05) is 6.08 Å². The van der Waals surface area contributed by atoms with E-state index in [4.69, 9.17) is 0 Å². The largest absolute Gasteiger partial charge is 0.573 e. The van der Waals surface area contributed by atoms with Crippen molar-refractivity contribution >= 4 is 0 Å². The minimum absolute atomic E-state index is 0.232. The molecule has 0 unspecified atom stereocenters. The Labute approximate surface area is 132 Å². The molecule has 0 radical (unpaired) electrons. The predicted octanol–water partition coefficient (Wildman–Crippen LogP) is 3.64. The number of nitrogens with zero attached hydrogens (tertiary/aromatic N) is 1. The van der Waals surface area contributed by atoms with Crippen molar-refractivity contribution in [3.05, 3.63) is 42.2 Å². The molecule has 0 amide bonds. The van der Waals surface area contributed by atoms with Crippen LogP contribution in [0.25, 0.3) is 0 Å². The van der Waals surface area contributed by atoms with E-state index in [0.29, 0.717) is 25.9 Å². The summed E-state index contributed by atoms with van der Waals surface area (Å²) in [7, 11) is 0. The SMILES string of the molecule is C=CCC[C@@H](c1cc(OC(F)(F)F)ccc1F)N1CCNCC1. The number of halogens is 4. The molecule has 128 valence electrons. The van der Waals surface area contributed by atoms with Gasteiger partial charge in [0.1, 0.15) is 11.6 Å². The van der Waals surface area contributed by atoms with Crippen LogP contribution in [0.15, 0.2) is 30.9 Å². The molecule has 0 spiro atoms. The summed E-state index contributed by atoms with van der Waals surface area (Å²) in [6, 6.07) is 2.87. The molecule has 1 heterocycles. The second kappa shape index (κ2) is 7.79. The summed E-state index contributed by atoms with van der Waals surface area (Å²) in [5, 5.41) is 3.21. The fourth-order valence-corrected chi connectivity index (χ4v) is 2.78. The van der Waals surface area contributed by atoms with E-state index >= 15 is 0 Å². The Balaban J connectivity index is 2.28. The molecule has 1 aliphatic rings. The Bertz CT molecular complexity index is 527. The van der Waals surface area contributed by atoms with Crippen molar-refractivity contribution in [3.63, 3.8) is 0 Å². The number of hydrogen-bond donors (Lipinski definition) is 1. The van der Waals surface area contributed by atoms with Gasteiger partial charge in [0, 0.05) is 37.8 Å². The maximum Gasteiger partial charge on any atom is 0.573 e. The average molecular weight is 332 g/mol. The van der Waals surface area contributed by atoms with Crippen LogP contribution in [0.4, 0.5) is 17.6 Å². The summed E-state index contributed by atoms with van der Waals surface area (Å²) >= 11 is 0. The lowest BCUT2D eigenvalue weighted by molar-refractivity contribution is -0.274. The lowest BCUT2D eigenvalue weighted by atomic mass is 9.98. The molecule has 3 nitrogen and oxygen atoms in total. The predicted molar refractivity (Wildman–Crippen MR) is 79.7 cm³/mol. The molecule has 0 saturated carbocycles. The van der Waals surface area contributed by atoms with Crippen LogP contribution in [-0.2, 0) is 0 Å². The highest BCUT2D eigenvalue weighted by Crippen LogP contribution is 2.32. The van der Waals surface area contributed by atoms with Crippen molar-refractivity contribution in [2.45, 2.75) is 25.2 Å². The lowest BCUT2D eigenvalue weighted by Crippen LogP contribution is -2.45. The van der Waals surface area contributed by atoms with Crippen molar-refractivity contribution in [1.82, 2.24) is 10.2 Å². The first-order valence-corrected chi connectivity index (χ1v) is 7.51. The standard InChI is InChI=1S/C16H20F4N2O/c1-2-3-4-15(22-9-7-21-8-10-22)13-11-12(5-6-14(13)17)23-16(18,19)20/h2,5-6,11,15,21H,1,3-4,7-10H2/t15-/m0/s1. The van der Waals surface area contributed by atoms with E-state index in [-0.39, 0.29) is 11.6 Å². The van der Waals surface area contributed by atoms with E-state index in [9.17, 15) is 17.6 Å². The van der Waals surface area contributed by atoms with Crippen molar-refractivity contribution < 1.29 is 22.3 Å². The third-order valence-corrected chi connectivity index (χ3v) is 3.80. The van der Waals surface area contributed by atoms with Crippen LogP contribution in [-0.4, -0.2) is 37.4 Å². The topological polar surface area (TPSA) is 24.5 Å². The van der Waals surface area contributed by atoms with Gasteiger partial charge in [-0.15, -0.1) is 19.8 Å². The van der Waals surface area contributed by atoms with Crippen LogP contribution in [0, 0.1) is 5.82 Å². The highest BCUT2D eigenvalue weighted by Gasteiger charge is 2.32. The molecule has 0 aliphatic carbocycles. The van der Waals surface area contributed by atoms with Crippen molar-refractivity contribution in [1.29, 1.82) is 0 Å². The fourth-order valence-electron chi connectivity index (χ4n) is 2.78. The van der Waals surface area contributed by atoms with Gasteiger partial charge in [-0.05, 0) is 31.0 Å². The molecule has 1 fully saturated rings. The number of hydrogen-bond acceptors (Lipinski definition) is 3. The number of ether oxygens (including phenoxy) is 1. The zero-order valence-corrected chi connectivity index (χ0v) is 12.7. The molecule has 1 atom stereocenters. The van der Waals surface area contributed by atoms with Crippen LogP contribution in [0.5, 0.6) is 5.75 Å². The van der Waals surface area contributed by atoms with Crippen molar-refractivity contribution in [2.24, 2.45) is 0 Å². The Hall–Kier alpha value is -1.60. The average Bonchev–Trinajstić information content (AvgIpc) is 2.50. The minimum atomic E-state index is -4.79. The number of benzene rings is 1. The Morgan fingerprint density at radius 3 is 2.61 bits per heavy atom. The second-order valence-corrected chi connectivity index (χ2v) is 5.40. The summed E-state index contributed by atoms with van der Waals surface area (Å²) in [5.41, 5.74) is 0.232. The van der Waals surface area contributed by atoms with Crippen molar-refractivity contribution in [2.75, 3.05) is 26.2 Å². The van der Waals surface area contributed by atoms with Crippen LogP contribution in [0.2, 0.25) is 0 Å². The van der Waals surface area contributed by atoms with Gasteiger partial charge in [0.25, 0.3) is 0 Å². The third-order valence-electron chi connectivity index (χ3n) is 3.80. The van der Waals surface area contributed by atoms with Crippen LogP contribution in [0.3, 0.4) is 0 Å². The number of nitrogens with one attached hydrogen (secondary N) is 1. The van der Waals surface area contributed by atoms with E-state index in [1.54, 1.807) is 6.08 Å². The van der Waals surface area contributed by atoms with Gasteiger partial charge in [-0.25, -0.2) is 4.39 Å². The molecule has 0 bridgehead atoms. The monoisotopic (exact) mass is 332 g/mol. The number of piperazine rings is 1. The summed E-state index contributed by atoms with van der Waals surface area (Å²) in [6.07, 6.45) is -1.82. The van der Waals surface area contributed by atoms with Gasteiger partial charge < -0.3 is 10.1 Å². The zero-order chi connectivity index (χ0) is 16.9. The molecule has 23 heavy (non-hydrogen) atoms. The van der Waals surface area contributed by atoms with Crippen LogP contribution in [0.1, 0.15) is 24.4 Å². The summed E-state index contributed by atoms with van der Waals surface area (Å²) < 4.78 is 55.3. The molecular weight excluding hydrogens is 312 g/mol. The van der Waals surface area contributed by atoms with Gasteiger partial charge >= 0.3 is 6.36 Å². The summed E-state index contributed by atoms with van der Waals surface area (Å²) in [5.74, 6) is -0.917. The molecule has 1 saturated heterocycles. The second-order valence-electron chi connectivity index (χ2n) is 5.40. The van der Waals surface area contributed by atoms with Crippen LogP contribution >= 0.6 is 0 Å². The first-order valence-electron chi connectivity index (χ1n) is 7.51. The molecule has 7 heteroatoms. The molecule has 2 rings (SSSR count). The third kappa shape index (κ3) is 5.21. The smallest absolute Gasteiger partial charge is 0.406 e. The fraction of sp³-hybridized carbons (Fsp3) is 0.500. The summed E-state index contributed by atoms with van der Waals surface area (Å²) in [4.78, 5) is 2.08. The molecule has 1 N–H and O–H groups in total. The Morgan fingerprint density at radius 2 is 2.00 bits per heavy atom. The zero-order valence-electron chi connectivity index (χ0n) is 12.7. The normalized spacial score (nSPS) is 17.7. The molecule has 1 aromatic rings. The van der Waals surface area contributed by atoms with Crippen molar-refractivity contribution in [3.8, 4) is 5.75 Å². The van der Waals surface area contributed by atoms with E-state index in [0.717, 1.165) is 31.3 Å². The molecule has 1 aliphatic heterocycles. The van der Waals surface area contributed by atoms with Gasteiger partial charge in [-0.2, -0.15) is 0 Å². The van der Waals surface area contributed by atoms with E-state index < -0.39 is 17.9 Å². The Morgan fingerprint density at radius 1 is 1.30 bits per heavy atom. The van der Waals surface area contributed by atoms with E-state index in [2.05, 4.69) is 21.5 Å². The van der Waals surface area contributed by atoms with Gasteiger partial charge in [0.05, 0.1) is 0 Å². The molecule has 0 aromatic heterocycles. The van der Waals surface area contributed by atoms with Gasteiger partial charge in [0.2, 0.25) is 0 Å². The quantitative estimate of drug-likeness (QED) is 0.636. The number of rotatable bonds is 6.